The molecule has 0 bridgehead atoms. The SMILES string of the molecule is COc1ccc(NC(=O)N[C@@H](CC(=O)O)C(=O)O)cc1Cl. The molecule has 0 aliphatic heterocycles. The molecular formula is C12H13ClN2O6. The van der Waals surface area contributed by atoms with Crippen LogP contribution in [-0.4, -0.2) is 41.3 Å². The smallest absolute Gasteiger partial charge is 0.326 e. The number of hydrogen-bond acceptors (Lipinski definition) is 4. The van der Waals surface area contributed by atoms with E-state index in [4.69, 9.17) is 26.6 Å². The number of anilines is 1. The number of aliphatic carboxylic acids is 2. The van der Waals surface area contributed by atoms with Gasteiger partial charge < -0.3 is 25.6 Å². The highest BCUT2D eigenvalue weighted by Crippen LogP contribution is 2.27. The van der Waals surface area contributed by atoms with Gasteiger partial charge in [0, 0.05) is 5.69 Å². The topological polar surface area (TPSA) is 125 Å². The number of carboxylic acids is 2. The zero-order valence-electron chi connectivity index (χ0n) is 10.9. The average Bonchev–Trinajstić information content (AvgIpc) is 2.37. The maximum Gasteiger partial charge on any atom is 0.326 e. The summed E-state index contributed by atoms with van der Waals surface area (Å²) < 4.78 is 4.94. The molecule has 1 aromatic rings. The lowest BCUT2D eigenvalue weighted by atomic mass is 10.2. The fraction of sp³-hybridized carbons (Fsp3) is 0.250. The number of nitrogens with one attached hydrogen (secondary N) is 2. The second kappa shape index (κ2) is 7.34. The molecule has 0 heterocycles. The second-order valence-electron chi connectivity index (χ2n) is 3.94. The Balaban J connectivity index is 2.69. The predicted octanol–water partition coefficient (Wildman–Crippen LogP) is 1.40. The molecule has 0 unspecified atom stereocenters. The van der Waals surface area contributed by atoms with Crippen molar-refractivity contribution >= 4 is 35.3 Å². The molecule has 9 heteroatoms. The van der Waals surface area contributed by atoms with Crippen molar-refractivity contribution in [3.05, 3.63) is 23.2 Å². The second-order valence-corrected chi connectivity index (χ2v) is 4.34. The van der Waals surface area contributed by atoms with Crippen molar-refractivity contribution in [3.8, 4) is 5.75 Å². The molecule has 0 aliphatic carbocycles. The molecule has 0 saturated heterocycles. The van der Waals surface area contributed by atoms with Gasteiger partial charge in [-0.2, -0.15) is 0 Å². The van der Waals surface area contributed by atoms with Crippen LogP contribution >= 0.6 is 11.6 Å². The minimum Gasteiger partial charge on any atom is -0.495 e. The molecule has 1 rings (SSSR count). The molecule has 2 amide bonds. The van der Waals surface area contributed by atoms with E-state index in [0.29, 0.717) is 11.4 Å². The summed E-state index contributed by atoms with van der Waals surface area (Å²) in [6.45, 7) is 0. The normalized spacial score (nSPS) is 11.3. The summed E-state index contributed by atoms with van der Waals surface area (Å²) in [7, 11) is 1.43. The lowest BCUT2D eigenvalue weighted by Gasteiger charge is -2.13. The number of amides is 2. The van der Waals surface area contributed by atoms with E-state index < -0.39 is 30.4 Å². The molecule has 1 atom stereocenters. The zero-order valence-corrected chi connectivity index (χ0v) is 11.7. The highest BCUT2D eigenvalue weighted by atomic mass is 35.5. The summed E-state index contributed by atoms with van der Waals surface area (Å²) in [5, 5.41) is 22.0. The van der Waals surface area contributed by atoms with Crippen LogP contribution in [0.4, 0.5) is 10.5 Å². The summed E-state index contributed by atoms with van der Waals surface area (Å²) in [5.74, 6) is -2.37. The molecule has 0 aliphatic rings. The molecule has 114 valence electrons. The van der Waals surface area contributed by atoms with Crippen LogP contribution in [0.5, 0.6) is 5.75 Å². The molecule has 0 saturated carbocycles. The van der Waals surface area contributed by atoms with Crippen molar-refractivity contribution in [1.29, 1.82) is 0 Å². The first-order valence-electron chi connectivity index (χ1n) is 5.69. The van der Waals surface area contributed by atoms with Crippen molar-refractivity contribution in [3.63, 3.8) is 0 Å². The molecule has 0 radical (unpaired) electrons. The van der Waals surface area contributed by atoms with Gasteiger partial charge in [0.2, 0.25) is 0 Å². The van der Waals surface area contributed by atoms with E-state index in [1.54, 1.807) is 0 Å². The van der Waals surface area contributed by atoms with E-state index >= 15 is 0 Å². The van der Waals surface area contributed by atoms with Gasteiger partial charge in [0.25, 0.3) is 0 Å². The van der Waals surface area contributed by atoms with Gasteiger partial charge >= 0.3 is 18.0 Å². The third kappa shape index (κ3) is 5.19. The van der Waals surface area contributed by atoms with Gasteiger partial charge in [-0.25, -0.2) is 9.59 Å². The highest BCUT2D eigenvalue weighted by Gasteiger charge is 2.23. The standard InChI is InChI=1S/C12H13ClN2O6/c1-21-9-3-2-6(4-7(9)13)14-12(20)15-8(11(18)19)5-10(16)17/h2-4,8H,5H2,1H3,(H,16,17)(H,18,19)(H2,14,15,20)/t8-/m0/s1. The molecule has 8 nitrogen and oxygen atoms in total. The number of rotatable bonds is 6. The monoisotopic (exact) mass is 316 g/mol. The van der Waals surface area contributed by atoms with Gasteiger partial charge in [0.1, 0.15) is 11.8 Å². The third-order valence-corrected chi connectivity index (χ3v) is 2.69. The number of carboxylic acid groups (broad SMARTS) is 2. The highest BCUT2D eigenvalue weighted by molar-refractivity contribution is 6.32. The van der Waals surface area contributed by atoms with Crippen LogP contribution < -0.4 is 15.4 Å². The minimum atomic E-state index is -1.53. The molecular weight excluding hydrogens is 304 g/mol. The van der Waals surface area contributed by atoms with Crippen LogP contribution in [0, 0.1) is 0 Å². The van der Waals surface area contributed by atoms with Gasteiger partial charge in [0.15, 0.2) is 0 Å². The fourth-order valence-electron chi connectivity index (χ4n) is 1.44. The number of urea groups is 1. The van der Waals surface area contributed by atoms with Gasteiger partial charge in [-0.15, -0.1) is 0 Å². The Kier molecular flexibility index (Phi) is 5.79. The van der Waals surface area contributed by atoms with E-state index in [0.717, 1.165) is 0 Å². The summed E-state index contributed by atoms with van der Waals surface area (Å²) in [5.41, 5.74) is 0.303. The number of carbonyl (C=O) groups is 3. The first-order chi connectivity index (χ1) is 9.83. The Morgan fingerprint density at radius 3 is 2.48 bits per heavy atom. The predicted molar refractivity (Wildman–Crippen MR) is 73.8 cm³/mol. The van der Waals surface area contributed by atoms with E-state index in [1.165, 1.54) is 25.3 Å². The van der Waals surface area contributed by atoms with Crippen molar-refractivity contribution in [2.24, 2.45) is 0 Å². The van der Waals surface area contributed by atoms with Crippen LogP contribution in [0.3, 0.4) is 0 Å². The van der Waals surface area contributed by atoms with Crippen LogP contribution in [0.2, 0.25) is 5.02 Å². The van der Waals surface area contributed by atoms with Gasteiger partial charge in [-0.3, -0.25) is 4.79 Å². The number of halogens is 1. The Hall–Kier alpha value is -2.48. The molecule has 0 aromatic heterocycles. The lowest BCUT2D eigenvalue weighted by molar-refractivity contribution is -0.145. The molecule has 1 aromatic carbocycles. The molecule has 4 N–H and O–H groups in total. The van der Waals surface area contributed by atoms with E-state index in [9.17, 15) is 14.4 Å². The van der Waals surface area contributed by atoms with Crippen molar-refractivity contribution in [2.75, 3.05) is 12.4 Å². The van der Waals surface area contributed by atoms with Gasteiger partial charge in [-0.1, -0.05) is 11.6 Å². The van der Waals surface area contributed by atoms with Crippen molar-refractivity contribution < 1.29 is 29.3 Å². The van der Waals surface area contributed by atoms with Crippen LogP contribution in [0.1, 0.15) is 6.42 Å². The van der Waals surface area contributed by atoms with E-state index in [-0.39, 0.29) is 5.02 Å². The summed E-state index contributed by atoms with van der Waals surface area (Å²) in [4.78, 5) is 32.9. The molecule has 21 heavy (non-hydrogen) atoms. The third-order valence-electron chi connectivity index (χ3n) is 2.39. The Morgan fingerprint density at radius 1 is 1.33 bits per heavy atom. The average molecular weight is 317 g/mol. The summed E-state index contributed by atoms with van der Waals surface area (Å²) in [6, 6.07) is 2.04. The van der Waals surface area contributed by atoms with Crippen LogP contribution in [0.25, 0.3) is 0 Å². The number of carbonyl (C=O) groups excluding carboxylic acids is 1. The van der Waals surface area contributed by atoms with Crippen molar-refractivity contribution in [2.45, 2.75) is 12.5 Å². The maximum atomic E-state index is 11.6. The van der Waals surface area contributed by atoms with E-state index in [1.807, 2.05) is 5.32 Å². The number of ether oxygens (including phenoxy) is 1. The van der Waals surface area contributed by atoms with Crippen LogP contribution in [0.15, 0.2) is 18.2 Å². The maximum absolute atomic E-state index is 11.6. The molecule has 0 fully saturated rings. The molecule has 0 spiro atoms. The van der Waals surface area contributed by atoms with Gasteiger partial charge in [0.05, 0.1) is 18.6 Å². The minimum absolute atomic E-state index is 0.260. The quantitative estimate of drug-likeness (QED) is 0.628. The number of benzene rings is 1. The Morgan fingerprint density at radius 2 is 2.00 bits per heavy atom. The van der Waals surface area contributed by atoms with Crippen molar-refractivity contribution in [1.82, 2.24) is 5.32 Å². The van der Waals surface area contributed by atoms with Crippen LogP contribution in [-0.2, 0) is 9.59 Å². The summed E-state index contributed by atoms with van der Waals surface area (Å²) >= 11 is 5.87. The van der Waals surface area contributed by atoms with Gasteiger partial charge in [-0.05, 0) is 18.2 Å². The van der Waals surface area contributed by atoms with E-state index in [2.05, 4.69) is 5.32 Å². The number of hydrogen-bond donors (Lipinski definition) is 4. The first-order valence-corrected chi connectivity index (χ1v) is 6.07. The zero-order chi connectivity index (χ0) is 16.0. The first kappa shape index (κ1) is 16.6. The fourth-order valence-corrected chi connectivity index (χ4v) is 1.70. The largest absolute Gasteiger partial charge is 0.495 e. The number of methoxy groups -OCH3 is 1. The Labute approximate surface area is 124 Å². The Bertz CT molecular complexity index is 563. The lowest BCUT2D eigenvalue weighted by Crippen LogP contribution is -2.44. The summed E-state index contributed by atoms with van der Waals surface area (Å²) in [6.07, 6.45) is -0.730.